The summed E-state index contributed by atoms with van der Waals surface area (Å²) in [7, 11) is 0. The molecule has 0 heterocycles. The van der Waals surface area contributed by atoms with Gasteiger partial charge in [0, 0.05) is 0 Å². The van der Waals surface area contributed by atoms with Crippen LogP contribution in [-0.2, 0) is 14.3 Å². The van der Waals surface area contributed by atoms with Gasteiger partial charge in [0.25, 0.3) is 0 Å². The lowest BCUT2D eigenvalue weighted by atomic mass is 10.1. The highest BCUT2D eigenvalue weighted by Gasteiger charge is 2.65. The summed E-state index contributed by atoms with van der Waals surface area (Å²) in [6.45, 7) is 1.87. The Morgan fingerprint density at radius 1 is 1.10 bits per heavy atom. The minimum absolute atomic E-state index is 0.246. The Balaban J connectivity index is 4.60. The minimum Gasteiger partial charge on any atom is -0.479 e. The lowest BCUT2D eigenvalue weighted by Crippen LogP contribution is -2.47. The number of carboxylic acid groups (broad SMARTS) is 1. The summed E-state index contributed by atoms with van der Waals surface area (Å²) in [5.41, 5.74) is 0. The maximum absolute atomic E-state index is 12.6. The second-order valence-corrected chi connectivity index (χ2v) is 4.15. The number of ether oxygens (including phenoxy) is 1. The van der Waals surface area contributed by atoms with Crippen molar-refractivity contribution in [2.45, 2.75) is 57.2 Å². The van der Waals surface area contributed by atoms with Crippen LogP contribution >= 0.6 is 0 Å². The van der Waals surface area contributed by atoms with Crippen molar-refractivity contribution in [3.8, 4) is 0 Å². The van der Waals surface area contributed by atoms with E-state index >= 15 is 0 Å². The summed E-state index contributed by atoms with van der Waals surface area (Å²) in [4.78, 5) is 21.4. The average Bonchev–Trinajstić information content (AvgIpc) is 2.30. The van der Waals surface area contributed by atoms with E-state index in [1.54, 1.807) is 0 Å². The summed E-state index contributed by atoms with van der Waals surface area (Å²) in [6.07, 6.45) is -6.05. The van der Waals surface area contributed by atoms with Crippen molar-refractivity contribution < 1.29 is 41.4 Å². The summed E-state index contributed by atoms with van der Waals surface area (Å²) in [5, 5.41) is 8.64. The van der Waals surface area contributed by atoms with Crippen molar-refractivity contribution in [1.82, 2.24) is 0 Å². The number of hydrogen-bond acceptors (Lipinski definition) is 3. The molecule has 0 saturated carbocycles. The quantitative estimate of drug-likeness (QED) is 0.425. The molecule has 0 fully saturated rings. The van der Waals surface area contributed by atoms with Crippen LogP contribution in [0.3, 0.4) is 0 Å². The van der Waals surface area contributed by atoms with Crippen LogP contribution in [0, 0.1) is 0 Å². The molecule has 20 heavy (non-hydrogen) atoms. The normalized spacial score (nSPS) is 13.9. The fourth-order valence-corrected chi connectivity index (χ4v) is 1.31. The predicted octanol–water partition coefficient (Wildman–Crippen LogP) is 3.15. The van der Waals surface area contributed by atoms with Crippen molar-refractivity contribution in [3.05, 3.63) is 0 Å². The molecule has 0 amide bonds. The first kappa shape index (κ1) is 18.6. The fourth-order valence-electron chi connectivity index (χ4n) is 1.31. The summed E-state index contributed by atoms with van der Waals surface area (Å²) in [5.74, 6) is -10.4. The Morgan fingerprint density at radius 3 is 2.05 bits per heavy atom. The molecule has 0 aromatic heterocycles. The van der Waals surface area contributed by atoms with E-state index in [-0.39, 0.29) is 12.8 Å². The molecule has 0 radical (unpaired) electrons. The zero-order valence-corrected chi connectivity index (χ0v) is 10.7. The first-order valence-electron chi connectivity index (χ1n) is 5.92. The van der Waals surface area contributed by atoms with Crippen molar-refractivity contribution in [2.24, 2.45) is 0 Å². The smallest absolute Gasteiger partial charge is 0.465 e. The molecular formula is C11H15F5O4. The maximum atomic E-state index is 12.6. The number of aliphatic carboxylic acids is 1. The van der Waals surface area contributed by atoms with Gasteiger partial charge in [-0.1, -0.05) is 26.2 Å². The number of alkyl halides is 5. The van der Waals surface area contributed by atoms with Crippen LogP contribution in [0.2, 0.25) is 0 Å². The lowest BCUT2D eigenvalue weighted by Gasteiger charge is -2.20. The molecule has 1 unspecified atom stereocenters. The predicted molar refractivity (Wildman–Crippen MR) is 57.3 cm³/mol. The molecule has 4 nitrogen and oxygen atoms in total. The van der Waals surface area contributed by atoms with Crippen molar-refractivity contribution in [3.63, 3.8) is 0 Å². The van der Waals surface area contributed by atoms with Crippen molar-refractivity contribution in [1.29, 1.82) is 0 Å². The van der Waals surface area contributed by atoms with Gasteiger partial charge in [0.15, 0.2) is 6.10 Å². The molecule has 0 spiro atoms. The molecular weight excluding hydrogens is 291 g/mol. The molecule has 0 aromatic carbocycles. The van der Waals surface area contributed by atoms with E-state index < -0.39 is 30.1 Å². The standard InChI is InChI=1S/C11H15F5O4/c1-2-3-4-5-6-7(8(17)18)20-9(19)10(12,13)11(14,15)16/h7H,2-6H2,1H3,(H,17,18). The van der Waals surface area contributed by atoms with Gasteiger partial charge in [0.05, 0.1) is 0 Å². The van der Waals surface area contributed by atoms with Gasteiger partial charge in [0.1, 0.15) is 0 Å². The van der Waals surface area contributed by atoms with E-state index in [1.165, 1.54) is 0 Å². The topological polar surface area (TPSA) is 63.6 Å². The third-order valence-corrected chi connectivity index (χ3v) is 2.46. The Kier molecular flexibility index (Phi) is 6.87. The number of carbonyl (C=O) groups excluding carboxylic acids is 1. The maximum Gasteiger partial charge on any atom is 0.465 e. The van der Waals surface area contributed by atoms with Gasteiger partial charge in [-0.05, 0) is 12.8 Å². The second-order valence-electron chi connectivity index (χ2n) is 4.15. The van der Waals surface area contributed by atoms with Gasteiger partial charge >= 0.3 is 24.0 Å². The van der Waals surface area contributed by atoms with E-state index in [2.05, 4.69) is 4.74 Å². The summed E-state index contributed by atoms with van der Waals surface area (Å²) < 4.78 is 64.6. The van der Waals surface area contributed by atoms with Gasteiger partial charge in [-0.15, -0.1) is 0 Å². The highest BCUT2D eigenvalue weighted by molar-refractivity contribution is 5.82. The fraction of sp³-hybridized carbons (Fsp3) is 0.818. The third-order valence-electron chi connectivity index (χ3n) is 2.46. The molecule has 118 valence electrons. The first-order valence-corrected chi connectivity index (χ1v) is 5.92. The molecule has 1 N–H and O–H groups in total. The van der Waals surface area contributed by atoms with E-state index in [9.17, 15) is 31.5 Å². The Morgan fingerprint density at radius 2 is 1.65 bits per heavy atom. The molecule has 0 aliphatic rings. The molecule has 0 aliphatic heterocycles. The molecule has 0 saturated heterocycles. The molecule has 0 aliphatic carbocycles. The molecule has 0 bridgehead atoms. The van der Waals surface area contributed by atoms with Crippen LogP contribution in [0.25, 0.3) is 0 Å². The van der Waals surface area contributed by atoms with Crippen molar-refractivity contribution >= 4 is 11.9 Å². The van der Waals surface area contributed by atoms with Crippen LogP contribution in [0.1, 0.15) is 39.0 Å². The number of unbranched alkanes of at least 4 members (excludes halogenated alkanes) is 3. The Hall–Kier alpha value is -1.41. The first-order chi connectivity index (χ1) is 9.04. The van der Waals surface area contributed by atoms with Gasteiger partial charge in [-0.2, -0.15) is 22.0 Å². The van der Waals surface area contributed by atoms with Crippen molar-refractivity contribution in [2.75, 3.05) is 0 Å². The highest BCUT2D eigenvalue weighted by atomic mass is 19.4. The van der Waals surface area contributed by atoms with Gasteiger partial charge in [-0.25, -0.2) is 9.59 Å². The van der Waals surface area contributed by atoms with E-state index in [0.29, 0.717) is 6.42 Å². The summed E-state index contributed by atoms with van der Waals surface area (Å²) in [6, 6.07) is 0. The Labute approximate surface area is 111 Å². The molecule has 9 heteroatoms. The number of halogens is 5. The lowest BCUT2D eigenvalue weighted by molar-refractivity contribution is -0.282. The van der Waals surface area contributed by atoms with Crippen LogP contribution in [0.5, 0.6) is 0 Å². The Bertz CT molecular complexity index is 340. The third kappa shape index (κ3) is 5.30. The van der Waals surface area contributed by atoms with E-state index in [0.717, 1.165) is 12.8 Å². The molecule has 0 rings (SSSR count). The number of rotatable bonds is 8. The zero-order chi connectivity index (χ0) is 16.0. The second kappa shape index (κ2) is 7.39. The van der Waals surface area contributed by atoms with E-state index in [1.807, 2.05) is 6.92 Å². The SMILES string of the molecule is CCCCCCC(OC(=O)C(F)(F)C(F)(F)F)C(=O)O. The van der Waals surface area contributed by atoms with Gasteiger partial charge in [-0.3, -0.25) is 0 Å². The zero-order valence-electron chi connectivity index (χ0n) is 10.7. The number of hydrogen-bond donors (Lipinski definition) is 1. The average molecular weight is 306 g/mol. The van der Waals surface area contributed by atoms with Crippen LogP contribution in [-0.4, -0.2) is 35.2 Å². The number of esters is 1. The van der Waals surface area contributed by atoms with Gasteiger partial charge < -0.3 is 9.84 Å². The largest absolute Gasteiger partial charge is 0.479 e. The van der Waals surface area contributed by atoms with Crippen LogP contribution in [0.4, 0.5) is 22.0 Å². The molecule has 0 aromatic rings. The monoisotopic (exact) mass is 306 g/mol. The van der Waals surface area contributed by atoms with E-state index in [4.69, 9.17) is 5.11 Å². The number of carbonyl (C=O) groups is 2. The van der Waals surface area contributed by atoms with Crippen LogP contribution < -0.4 is 0 Å². The summed E-state index contributed by atoms with van der Waals surface area (Å²) >= 11 is 0. The minimum atomic E-state index is -6.12. The van der Waals surface area contributed by atoms with Crippen LogP contribution in [0.15, 0.2) is 0 Å². The highest BCUT2D eigenvalue weighted by Crippen LogP contribution is 2.36. The number of carboxylic acids is 1. The molecule has 1 atom stereocenters. The van der Waals surface area contributed by atoms with Gasteiger partial charge in [0.2, 0.25) is 0 Å².